The summed E-state index contributed by atoms with van der Waals surface area (Å²) >= 11 is 5.29. The maximum atomic E-state index is 13.0. The number of aromatic nitrogens is 2. The van der Waals surface area contributed by atoms with Crippen LogP contribution in [0.2, 0.25) is 5.15 Å². The van der Waals surface area contributed by atoms with Gasteiger partial charge in [0.2, 0.25) is 5.82 Å². The van der Waals surface area contributed by atoms with Crippen LogP contribution in [0.25, 0.3) is 0 Å². The number of rotatable bonds is 3. The van der Waals surface area contributed by atoms with Crippen molar-refractivity contribution in [3.63, 3.8) is 0 Å². The molecule has 15 heavy (non-hydrogen) atoms. The van der Waals surface area contributed by atoms with Gasteiger partial charge in [-0.2, -0.15) is 4.39 Å². The molecule has 0 saturated heterocycles. The second-order valence-corrected chi connectivity index (χ2v) is 3.40. The lowest BCUT2D eigenvalue weighted by atomic mass is 10.4. The molecule has 84 valence electrons. The maximum Gasteiger partial charge on any atom is 0.329 e. The van der Waals surface area contributed by atoms with E-state index in [2.05, 4.69) is 0 Å². The van der Waals surface area contributed by atoms with Gasteiger partial charge in [0.05, 0.1) is 12.6 Å². The molecule has 1 aromatic rings. The van der Waals surface area contributed by atoms with Crippen molar-refractivity contribution in [2.24, 2.45) is 0 Å². The summed E-state index contributed by atoms with van der Waals surface area (Å²) in [5.41, 5.74) is -1.80. The standard InChI is InChI=1S/C8H10ClFN2O3/c1-4(15-2)3-12-7(13)5(10)6(9)11-8(12)14/h4H,3H2,1-2H3,(H,11,14). The number of aromatic amines is 1. The Labute approximate surface area is 89.4 Å². The molecule has 0 amide bonds. The van der Waals surface area contributed by atoms with Crippen LogP contribution in [0.4, 0.5) is 4.39 Å². The van der Waals surface area contributed by atoms with Crippen LogP contribution in [0.3, 0.4) is 0 Å². The van der Waals surface area contributed by atoms with Gasteiger partial charge in [0, 0.05) is 7.11 Å². The molecule has 1 aromatic heterocycles. The monoisotopic (exact) mass is 236 g/mol. The number of hydrogen-bond acceptors (Lipinski definition) is 3. The van der Waals surface area contributed by atoms with E-state index in [4.69, 9.17) is 16.3 Å². The van der Waals surface area contributed by atoms with Crippen molar-refractivity contribution >= 4 is 11.6 Å². The molecular weight excluding hydrogens is 227 g/mol. The zero-order chi connectivity index (χ0) is 11.6. The second kappa shape index (κ2) is 4.59. The fourth-order valence-corrected chi connectivity index (χ4v) is 1.18. The van der Waals surface area contributed by atoms with Crippen LogP contribution in [-0.4, -0.2) is 22.8 Å². The quantitative estimate of drug-likeness (QED) is 0.771. The van der Waals surface area contributed by atoms with E-state index in [1.54, 1.807) is 6.92 Å². The van der Waals surface area contributed by atoms with Crippen LogP contribution < -0.4 is 11.2 Å². The lowest BCUT2D eigenvalue weighted by Gasteiger charge is -2.10. The number of methoxy groups -OCH3 is 1. The van der Waals surface area contributed by atoms with Gasteiger partial charge in [-0.1, -0.05) is 11.6 Å². The van der Waals surface area contributed by atoms with Crippen molar-refractivity contribution in [1.82, 2.24) is 9.55 Å². The van der Waals surface area contributed by atoms with Gasteiger partial charge in [-0.15, -0.1) is 0 Å². The maximum absolute atomic E-state index is 13.0. The highest BCUT2D eigenvalue weighted by Crippen LogP contribution is 2.02. The van der Waals surface area contributed by atoms with Crippen LogP contribution in [0.5, 0.6) is 0 Å². The average molecular weight is 237 g/mol. The minimum Gasteiger partial charge on any atom is -0.380 e. The molecule has 0 aliphatic carbocycles. The molecule has 0 bridgehead atoms. The highest BCUT2D eigenvalue weighted by Gasteiger charge is 2.13. The molecular formula is C8H10ClFN2O3. The van der Waals surface area contributed by atoms with E-state index >= 15 is 0 Å². The van der Waals surface area contributed by atoms with Crippen molar-refractivity contribution in [2.45, 2.75) is 19.6 Å². The molecule has 0 aliphatic heterocycles. The van der Waals surface area contributed by atoms with Crippen LogP contribution in [0, 0.1) is 5.82 Å². The summed E-state index contributed by atoms with van der Waals surface area (Å²) in [7, 11) is 1.43. The van der Waals surface area contributed by atoms with E-state index in [0.717, 1.165) is 0 Å². The molecule has 7 heteroatoms. The van der Waals surface area contributed by atoms with Gasteiger partial charge in [0.15, 0.2) is 5.15 Å². The number of nitrogens with one attached hydrogen (secondary N) is 1. The van der Waals surface area contributed by atoms with E-state index in [-0.39, 0.29) is 12.6 Å². The first kappa shape index (κ1) is 11.9. The van der Waals surface area contributed by atoms with Gasteiger partial charge in [0.1, 0.15) is 0 Å². The smallest absolute Gasteiger partial charge is 0.329 e. The van der Waals surface area contributed by atoms with E-state index in [9.17, 15) is 14.0 Å². The SMILES string of the molecule is COC(C)Cn1c(=O)[nH]c(Cl)c(F)c1=O. The lowest BCUT2D eigenvalue weighted by Crippen LogP contribution is -2.39. The summed E-state index contributed by atoms with van der Waals surface area (Å²) in [6.45, 7) is 1.62. The van der Waals surface area contributed by atoms with Crippen molar-refractivity contribution < 1.29 is 9.13 Å². The Hall–Kier alpha value is -1.14. The highest BCUT2D eigenvalue weighted by atomic mass is 35.5. The molecule has 1 rings (SSSR count). The summed E-state index contributed by atoms with van der Waals surface area (Å²) in [6, 6.07) is 0. The first-order valence-electron chi connectivity index (χ1n) is 4.18. The van der Waals surface area contributed by atoms with Crippen LogP contribution in [-0.2, 0) is 11.3 Å². The number of ether oxygens (including phenoxy) is 1. The summed E-state index contributed by atoms with van der Waals surface area (Å²) in [6.07, 6.45) is -0.371. The Morgan fingerprint density at radius 1 is 1.60 bits per heavy atom. The molecule has 0 aromatic carbocycles. The normalized spacial score (nSPS) is 12.8. The van der Waals surface area contributed by atoms with Gasteiger partial charge in [-0.05, 0) is 6.92 Å². The number of hydrogen-bond donors (Lipinski definition) is 1. The van der Waals surface area contributed by atoms with Crippen LogP contribution in [0.15, 0.2) is 9.59 Å². The summed E-state index contributed by atoms with van der Waals surface area (Å²) < 4.78 is 18.6. The molecule has 1 unspecified atom stereocenters. The Morgan fingerprint density at radius 2 is 2.20 bits per heavy atom. The minimum atomic E-state index is -1.17. The molecule has 0 spiro atoms. The van der Waals surface area contributed by atoms with Crippen LogP contribution >= 0.6 is 11.6 Å². The first-order chi connectivity index (χ1) is 6.97. The van der Waals surface area contributed by atoms with Gasteiger partial charge >= 0.3 is 5.69 Å². The average Bonchev–Trinajstić information content (AvgIpc) is 2.21. The van der Waals surface area contributed by atoms with Gasteiger partial charge < -0.3 is 4.74 Å². The third kappa shape index (κ3) is 2.45. The minimum absolute atomic E-state index is 0.0290. The number of halogens is 2. The number of H-pyrrole nitrogens is 1. The van der Waals surface area contributed by atoms with E-state index < -0.39 is 22.2 Å². The third-order valence-electron chi connectivity index (χ3n) is 1.93. The van der Waals surface area contributed by atoms with Crippen molar-refractivity contribution in [3.8, 4) is 0 Å². The molecule has 1 heterocycles. The predicted octanol–water partition coefficient (Wildman–Crippen LogP) is 0.364. The Kier molecular flexibility index (Phi) is 3.65. The fourth-order valence-electron chi connectivity index (χ4n) is 1.02. The Balaban J connectivity index is 3.25. The van der Waals surface area contributed by atoms with E-state index in [0.29, 0.717) is 4.57 Å². The second-order valence-electron chi connectivity index (χ2n) is 3.02. The summed E-state index contributed by atoms with van der Waals surface area (Å²) in [5.74, 6) is -1.17. The lowest BCUT2D eigenvalue weighted by molar-refractivity contribution is 0.101. The fraction of sp³-hybridized carbons (Fsp3) is 0.500. The Bertz CT molecular complexity index is 468. The van der Waals surface area contributed by atoms with Gasteiger partial charge in [-0.3, -0.25) is 14.3 Å². The highest BCUT2D eigenvalue weighted by molar-refractivity contribution is 6.29. The molecule has 5 nitrogen and oxygen atoms in total. The van der Waals surface area contributed by atoms with E-state index in [1.807, 2.05) is 4.98 Å². The largest absolute Gasteiger partial charge is 0.380 e. The predicted molar refractivity (Wildman–Crippen MR) is 52.8 cm³/mol. The number of nitrogens with zero attached hydrogens (tertiary/aromatic N) is 1. The first-order valence-corrected chi connectivity index (χ1v) is 4.56. The molecule has 0 radical (unpaired) electrons. The zero-order valence-electron chi connectivity index (χ0n) is 8.21. The van der Waals surface area contributed by atoms with E-state index in [1.165, 1.54) is 7.11 Å². The topological polar surface area (TPSA) is 64.1 Å². The van der Waals surface area contributed by atoms with Crippen molar-refractivity contribution in [1.29, 1.82) is 0 Å². The molecule has 1 N–H and O–H groups in total. The van der Waals surface area contributed by atoms with Crippen molar-refractivity contribution in [2.75, 3.05) is 7.11 Å². The summed E-state index contributed by atoms with van der Waals surface area (Å²) in [4.78, 5) is 24.6. The molecule has 1 atom stereocenters. The van der Waals surface area contributed by atoms with Gasteiger partial charge in [0.25, 0.3) is 5.56 Å². The Morgan fingerprint density at radius 3 is 2.73 bits per heavy atom. The third-order valence-corrected chi connectivity index (χ3v) is 2.19. The van der Waals surface area contributed by atoms with Gasteiger partial charge in [-0.25, -0.2) is 4.79 Å². The van der Waals surface area contributed by atoms with Crippen LogP contribution in [0.1, 0.15) is 6.92 Å². The molecule has 0 aliphatic rings. The zero-order valence-corrected chi connectivity index (χ0v) is 8.97. The van der Waals surface area contributed by atoms with Crippen molar-refractivity contribution in [3.05, 3.63) is 31.8 Å². The molecule has 0 saturated carbocycles. The summed E-state index contributed by atoms with van der Waals surface area (Å²) in [5, 5.41) is -0.577. The molecule has 0 fully saturated rings.